The maximum Gasteiger partial charge on any atom is 0.253 e. The third-order valence-electron chi connectivity index (χ3n) is 8.52. The van der Waals surface area contributed by atoms with Crippen molar-refractivity contribution < 1.29 is 13.4 Å². The van der Waals surface area contributed by atoms with Crippen LogP contribution in [0.15, 0.2) is 17.0 Å². The Kier molecular flexibility index (Phi) is 6.34. The van der Waals surface area contributed by atoms with Crippen molar-refractivity contribution >= 4 is 22.4 Å². The van der Waals surface area contributed by atoms with E-state index in [0.29, 0.717) is 17.1 Å². The third kappa shape index (κ3) is 3.90. The standard InChI is InChI=1S/C27H36FN3O2S/c1-3-27(4-2)15-23-25(34(33)16-27)19-11-8-12-22(19)31(23)18-13-20(28)24(26(29)32)21(14-18)30-17-9-6-5-7-10-17/h13-14,17,30H,3-12,15-16H2,1-2H3,(H2,29,32). The Morgan fingerprint density at radius 2 is 1.88 bits per heavy atom. The number of fused-ring (bicyclic) bond motifs is 3. The molecule has 7 heteroatoms. The highest BCUT2D eigenvalue weighted by molar-refractivity contribution is 7.85. The van der Waals surface area contributed by atoms with Gasteiger partial charge in [-0.05, 0) is 74.5 Å². The number of anilines is 1. The topological polar surface area (TPSA) is 77.1 Å². The number of hydrogen-bond acceptors (Lipinski definition) is 3. The summed E-state index contributed by atoms with van der Waals surface area (Å²) in [5.74, 6) is -0.640. The van der Waals surface area contributed by atoms with Gasteiger partial charge in [0.05, 0.1) is 32.6 Å². The summed E-state index contributed by atoms with van der Waals surface area (Å²) in [6, 6.07) is 3.56. The highest BCUT2D eigenvalue weighted by Gasteiger charge is 2.41. The summed E-state index contributed by atoms with van der Waals surface area (Å²) in [4.78, 5) is 13.2. The minimum absolute atomic E-state index is 0.00338. The average molecular weight is 486 g/mol. The van der Waals surface area contributed by atoms with Crippen molar-refractivity contribution in [1.29, 1.82) is 0 Å². The minimum Gasteiger partial charge on any atom is -0.382 e. The zero-order valence-electron chi connectivity index (χ0n) is 20.3. The van der Waals surface area contributed by atoms with Crippen LogP contribution in [0.25, 0.3) is 5.69 Å². The second kappa shape index (κ2) is 9.14. The Morgan fingerprint density at radius 1 is 1.15 bits per heavy atom. The molecule has 2 aliphatic carbocycles. The van der Waals surface area contributed by atoms with Crippen LogP contribution in [-0.4, -0.2) is 26.5 Å². The van der Waals surface area contributed by atoms with Gasteiger partial charge in [-0.3, -0.25) is 9.00 Å². The van der Waals surface area contributed by atoms with Crippen LogP contribution in [0.3, 0.4) is 0 Å². The van der Waals surface area contributed by atoms with Gasteiger partial charge in [-0.25, -0.2) is 4.39 Å². The number of aromatic nitrogens is 1. The maximum absolute atomic E-state index is 15.4. The van der Waals surface area contributed by atoms with Gasteiger partial charge in [-0.2, -0.15) is 0 Å². The number of carbonyl (C=O) groups excluding carboxylic acids is 1. The maximum atomic E-state index is 15.4. The fourth-order valence-corrected chi connectivity index (χ4v) is 8.54. The number of amides is 1. The lowest BCUT2D eigenvalue weighted by Gasteiger charge is -2.36. The van der Waals surface area contributed by atoms with Gasteiger partial charge in [-0.1, -0.05) is 33.1 Å². The van der Waals surface area contributed by atoms with Crippen LogP contribution in [-0.2, 0) is 30.1 Å². The van der Waals surface area contributed by atoms with Crippen LogP contribution >= 0.6 is 0 Å². The third-order valence-corrected chi connectivity index (χ3v) is 10.3. The molecule has 1 fully saturated rings. The van der Waals surface area contributed by atoms with Crippen LogP contribution in [0.4, 0.5) is 10.1 Å². The summed E-state index contributed by atoms with van der Waals surface area (Å²) < 4.78 is 31.1. The van der Waals surface area contributed by atoms with Gasteiger partial charge in [0, 0.05) is 23.2 Å². The van der Waals surface area contributed by atoms with Crippen molar-refractivity contribution in [1.82, 2.24) is 4.57 Å². The molecule has 1 atom stereocenters. The number of carbonyl (C=O) groups is 1. The zero-order valence-corrected chi connectivity index (χ0v) is 21.2. The van der Waals surface area contributed by atoms with E-state index in [-0.39, 0.29) is 17.0 Å². The molecule has 0 saturated heterocycles. The number of hydrogen-bond donors (Lipinski definition) is 2. The molecule has 1 aromatic carbocycles. The predicted molar refractivity (Wildman–Crippen MR) is 135 cm³/mol. The quantitative estimate of drug-likeness (QED) is 0.574. The molecule has 34 heavy (non-hydrogen) atoms. The van der Waals surface area contributed by atoms with E-state index in [0.717, 1.165) is 80.5 Å². The lowest BCUT2D eigenvalue weighted by Crippen LogP contribution is -2.34. The predicted octanol–water partition coefficient (Wildman–Crippen LogP) is 5.42. The normalized spacial score (nSPS) is 21.8. The molecule has 1 saturated carbocycles. The molecule has 2 aromatic rings. The second-order valence-corrected chi connectivity index (χ2v) is 11.8. The van der Waals surface area contributed by atoms with Crippen molar-refractivity contribution in [3.63, 3.8) is 0 Å². The van der Waals surface area contributed by atoms with Gasteiger partial charge in [-0.15, -0.1) is 0 Å². The van der Waals surface area contributed by atoms with E-state index in [1.807, 2.05) is 6.07 Å². The fourth-order valence-electron chi connectivity index (χ4n) is 6.41. The van der Waals surface area contributed by atoms with Crippen LogP contribution in [0, 0.1) is 11.2 Å². The summed E-state index contributed by atoms with van der Waals surface area (Å²) in [6.45, 7) is 4.36. The number of primary amides is 1. The van der Waals surface area contributed by atoms with Gasteiger partial charge in [0.25, 0.3) is 5.91 Å². The first-order valence-electron chi connectivity index (χ1n) is 12.9. The van der Waals surface area contributed by atoms with E-state index in [4.69, 9.17) is 5.73 Å². The summed E-state index contributed by atoms with van der Waals surface area (Å²) >= 11 is 0. The molecule has 5 rings (SSSR count). The highest BCUT2D eigenvalue weighted by atomic mass is 32.2. The van der Waals surface area contributed by atoms with Gasteiger partial charge in [0.15, 0.2) is 0 Å². The Labute approximate surface area is 204 Å². The molecule has 184 valence electrons. The Morgan fingerprint density at radius 3 is 2.56 bits per heavy atom. The van der Waals surface area contributed by atoms with Gasteiger partial charge >= 0.3 is 0 Å². The zero-order chi connectivity index (χ0) is 24.0. The van der Waals surface area contributed by atoms with Crippen molar-refractivity contribution in [3.8, 4) is 5.69 Å². The Bertz CT molecular complexity index is 1150. The number of benzene rings is 1. The van der Waals surface area contributed by atoms with Crippen LogP contribution < -0.4 is 11.1 Å². The SMILES string of the molecule is CCC1(CC)Cc2c(c3c(n2-c2cc(F)c(C(N)=O)c(NC4CCCCC4)c2)CCC3)S(=O)C1. The van der Waals surface area contributed by atoms with Gasteiger partial charge in [0.2, 0.25) is 0 Å². The molecule has 0 radical (unpaired) electrons. The van der Waals surface area contributed by atoms with Crippen LogP contribution in [0.1, 0.15) is 92.5 Å². The Balaban J connectivity index is 1.67. The Hall–Kier alpha value is -2.15. The first-order chi connectivity index (χ1) is 16.4. The molecule has 1 amide bonds. The van der Waals surface area contributed by atoms with E-state index >= 15 is 4.39 Å². The second-order valence-electron chi connectivity index (χ2n) is 10.5. The summed E-state index contributed by atoms with van der Waals surface area (Å²) in [6.07, 6.45) is 11.1. The molecule has 0 spiro atoms. The summed E-state index contributed by atoms with van der Waals surface area (Å²) in [5.41, 5.74) is 10.2. The van der Waals surface area contributed by atoms with Gasteiger partial charge < -0.3 is 15.6 Å². The molecule has 5 nitrogen and oxygen atoms in total. The number of nitrogens with two attached hydrogens (primary N) is 1. The first-order valence-corrected chi connectivity index (χ1v) is 14.2. The van der Waals surface area contributed by atoms with Crippen LogP contribution in [0.2, 0.25) is 0 Å². The molecule has 2 heterocycles. The first kappa shape index (κ1) is 23.6. The van der Waals surface area contributed by atoms with E-state index in [1.165, 1.54) is 18.1 Å². The van der Waals surface area contributed by atoms with E-state index in [2.05, 4.69) is 23.7 Å². The van der Waals surface area contributed by atoms with Crippen molar-refractivity contribution in [2.45, 2.75) is 95.4 Å². The van der Waals surface area contributed by atoms with E-state index in [9.17, 15) is 9.00 Å². The van der Waals surface area contributed by atoms with Crippen molar-refractivity contribution in [3.05, 3.63) is 40.5 Å². The van der Waals surface area contributed by atoms with Crippen LogP contribution in [0.5, 0.6) is 0 Å². The van der Waals surface area contributed by atoms with Crippen molar-refractivity contribution in [2.75, 3.05) is 11.1 Å². The molecular formula is C27H36FN3O2S. The largest absolute Gasteiger partial charge is 0.382 e. The molecule has 1 unspecified atom stereocenters. The fraction of sp³-hybridized carbons (Fsp3) is 0.593. The molecular weight excluding hydrogens is 449 g/mol. The summed E-state index contributed by atoms with van der Waals surface area (Å²) in [5, 5.41) is 3.45. The summed E-state index contributed by atoms with van der Waals surface area (Å²) in [7, 11) is -1.05. The molecule has 0 bridgehead atoms. The molecule has 3 aliphatic rings. The number of halogens is 1. The highest BCUT2D eigenvalue weighted by Crippen LogP contribution is 2.46. The van der Waals surface area contributed by atoms with E-state index < -0.39 is 22.5 Å². The molecule has 3 N–H and O–H groups in total. The molecule has 1 aliphatic heterocycles. The lowest BCUT2D eigenvalue weighted by molar-refractivity contribution is 0.0997. The number of nitrogens with zero attached hydrogens (tertiary/aromatic N) is 1. The van der Waals surface area contributed by atoms with E-state index in [1.54, 1.807) is 0 Å². The smallest absolute Gasteiger partial charge is 0.253 e. The lowest BCUT2D eigenvalue weighted by atomic mass is 9.79. The van der Waals surface area contributed by atoms with Gasteiger partial charge in [0.1, 0.15) is 5.82 Å². The number of nitrogens with one attached hydrogen (secondary N) is 1. The molecule has 1 aromatic heterocycles. The minimum atomic E-state index is -1.05. The monoisotopic (exact) mass is 485 g/mol. The number of rotatable bonds is 6. The van der Waals surface area contributed by atoms with Crippen molar-refractivity contribution in [2.24, 2.45) is 11.1 Å². The average Bonchev–Trinajstić information content (AvgIpc) is 3.39.